The molecule has 3 N–H and O–H groups in total. The van der Waals surface area contributed by atoms with Gasteiger partial charge in [-0.2, -0.15) is 0 Å². The van der Waals surface area contributed by atoms with Crippen molar-refractivity contribution >= 4 is 11.8 Å². The van der Waals surface area contributed by atoms with E-state index in [0.29, 0.717) is 24.0 Å². The van der Waals surface area contributed by atoms with E-state index in [4.69, 9.17) is 10.5 Å². The molecule has 0 aromatic heterocycles. The van der Waals surface area contributed by atoms with Crippen LogP contribution in [0.15, 0.2) is 42.5 Å². The molecule has 0 unspecified atom stereocenters. The maximum absolute atomic E-state index is 13.8. The number of hydrogen-bond acceptors (Lipinski definition) is 4. The number of rotatable bonds is 5. The van der Waals surface area contributed by atoms with Crippen LogP contribution < -0.4 is 10.5 Å². The zero-order valence-corrected chi connectivity index (χ0v) is 16.0. The van der Waals surface area contributed by atoms with Gasteiger partial charge in [-0.1, -0.05) is 30.3 Å². The zero-order valence-electron chi connectivity index (χ0n) is 16.0. The van der Waals surface area contributed by atoms with Gasteiger partial charge in [-0.25, -0.2) is 4.39 Å². The summed E-state index contributed by atoms with van der Waals surface area (Å²) < 4.78 is 19.5. The molecule has 4 rings (SSSR count). The average Bonchev–Trinajstić information content (AvgIpc) is 3.08. The van der Waals surface area contributed by atoms with Crippen molar-refractivity contribution < 1.29 is 23.8 Å². The third kappa shape index (κ3) is 3.35. The number of benzene rings is 2. The minimum atomic E-state index is -0.796. The van der Waals surface area contributed by atoms with Crippen LogP contribution in [0.4, 0.5) is 4.39 Å². The Hall–Kier alpha value is -2.93. The minimum Gasteiger partial charge on any atom is -0.486 e. The van der Waals surface area contributed by atoms with Crippen molar-refractivity contribution in [2.45, 2.75) is 37.0 Å². The Morgan fingerprint density at radius 2 is 1.93 bits per heavy atom. The lowest BCUT2D eigenvalue weighted by Crippen LogP contribution is -2.47. The molecule has 2 aromatic rings. The summed E-state index contributed by atoms with van der Waals surface area (Å²) in [5, 5.41) is 9.53. The van der Waals surface area contributed by atoms with Crippen molar-refractivity contribution in [1.29, 1.82) is 0 Å². The molecule has 1 heterocycles. The van der Waals surface area contributed by atoms with Crippen LogP contribution in [-0.2, 0) is 0 Å². The molecule has 6 nitrogen and oxygen atoms in total. The van der Waals surface area contributed by atoms with Crippen LogP contribution in [0.2, 0.25) is 0 Å². The highest BCUT2D eigenvalue weighted by Crippen LogP contribution is 2.45. The molecule has 0 radical (unpaired) electrons. The van der Waals surface area contributed by atoms with Gasteiger partial charge in [0.25, 0.3) is 11.8 Å². The van der Waals surface area contributed by atoms with Crippen LogP contribution in [-0.4, -0.2) is 53.8 Å². The lowest BCUT2D eigenvalue weighted by atomic mass is 9.86. The Labute approximate surface area is 168 Å². The first-order valence-corrected chi connectivity index (χ1v) is 9.61. The second kappa shape index (κ2) is 7.48. The van der Waals surface area contributed by atoms with Crippen molar-refractivity contribution in [2.24, 2.45) is 5.73 Å². The van der Waals surface area contributed by atoms with Crippen molar-refractivity contribution in [1.82, 2.24) is 4.90 Å². The summed E-state index contributed by atoms with van der Waals surface area (Å²) in [5.74, 6) is -1.21. The summed E-state index contributed by atoms with van der Waals surface area (Å²) >= 11 is 0. The summed E-state index contributed by atoms with van der Waals surface area (Å²) in [6.07, 6.45) is -0.140. The van der Waals surface area contributed by atoms with Gasteiger partial charge in [-0.3, -0.25) is 9.59 Å². The fraction of sp³-hybridized carbons (Fsp3) is 0.364. The van der Waals surface area contributed by atoms with Crippen molar-refractivity contribution in [3.63, 3.8) is 0 Å². The number of alkyl halides is 1. The second-order valence-electron chi connectivity index (χ2n) is 7.70. The predicted octanol–water partition coefficient (Wildman–Crippen LogP) is 2.24. The molecule has 2 atom stereocenters. The quantitative estimate of drug-likeness (QED) is 0.808. The normalized spacial score (nSPS) is 24.9. The number of carbonyl (C=O) groups excluding carboxylic acids is 2. The highest BCUT2D eigenvalue weighted by molar-refractivity contribution is 6.02. The first-order chi connectivity index (χ1) is 13.9. The third-order valence-corrected chi connectivity index (χ3v) is 5.87. The third-order valence-electron chi connectivity index (χ3n) is 5.87. The largest absolute Gasteiger partial charge is 0.486 e. The SMILES string of the molecule is CN(C(=O)c1cc(C(N)=O)c2c(c1)[C@H](c1ccccc1)[C@@H](CF)O2)C1CC(O)C1. The van der Waals surface area contributed by atoms with E-state index in [2.05, 4.69) is 0 Å². The molecule has 1 saturated carbocycles. The Bertz CT molecular complexity index is 943. The standard InChI is InChI=1S/C22H23FN2O4/c1-25(14-9-15(26)10-14)22(28)13-7-16-19(12-5-3-2-4-6-12)18(11-23)29-20(16)17(8-13)21(24)27/h2-8,14-15,18-19,26H,9-11H2,1H3,(H2,24,27)/t14?,15?,18-,19+/m1/s1. The Balaban J connectivity index is 1.78. The summed E-state index contributed by atoms with van der Waals surface area (Å²) in [4.78, 5) is 26.7. The summed E-state index contributed by atoms with van der Waals surface area (Å²) in [6, 6.07) is 12.3. The van der Waals surface area contributed by atoms with Crippen LogP contribution in [0.1, 0.15) is 50.6 Å². The molecule has 1 aliphatic carbocycles. The first-order valence-electron chi connectivity index (χ1n) is 9.61. The van der Waals surface area contributed by atoms with Crippen molar-refractivity contribution in [2.75, 3.05) is 13.7 Å². The molecule has 2 amide bonds. The fourth-order valence-corrected chi connectivity index (χ4v) is 4.16. The number of fused-ring (bicyclic) bond motifs is 1. The van der Waals surface area contributed by atoms with Gasteiger partial charge in [-0.15, -0.1) is 0 Å². The predicted molar refractivity (Wildman–Crippen MR) is 105 cm³/mol. The van der Waals surface area contributed by atoms with Gasteiger partial charge < -0.3 is 20.5 Å². The summed E-state index contributed by atoms with van der Waals surface area (Å²) in [5.41, 5.74) is 7.34. The first kappa shape index (κ1) is 19.4. The molecule has 1 aliphatic heterocycles. The Morgan fingerprint density at radius 3 is 2.52 bits per heavy atom. The molecule has 29 heavy (non-hydrogen) atoms. The van der Waals surface area contributed by atoms with E-state index in [9.17, 15) is 19.1 Å². The maximum atomic E-state index is 13.8. The zero-order chi connectivity index (χ0) is 20.7. The number of carbonyl (C=O) groups is 2. The smallest absolute Gasteiger partial charge is 0.253 e. The van der Waals surface area contributed by atoms with E-state index in [1.165, 1.54) is 6.07 Å². The van der Waals surface area contributed by atoms with Gasteiger partial charge in [0.05, 0.1) is 17.6 Å². The molecule has 0 spiro atoms. The molecule has 2 aromatic carbocycles. The van der Waals surface area contributed by atoms with Gasteiger partial charge >= 0.3 is 0 Å². The van der Waals surface area contributed by atoms with E-state index >= 15 is 0 Å². The monoisotopic (exact) mass is 398 g/mol. The number of nitrogens with zero attached hydrogens (tertiary/aromatic N) is 1. The van der Waals surface area contributed by atoms with Crippen LogP contribution in [0.25, 0.3) is 0 Å². The van der Waals surface area contributed by atoms with E-state index in [1.54, 1.807) is 18.0 Å². The molecule has 2 aliphatic rings. The highest BCUT2D eigenvalue weighted by atomic mass is 19.1. The van der Waals surface area contributed by atoms with Crippen LogP contribution in [0.5, 0.6) is 5.75 Å². The van der Waals surface area contributed by atoms with Gasteiger partial charge in [0.15, 0.2) is 0 Å². The summed E-state index contributed by atoms with van der Waals surface area (Å²) in [7, 11) is 1.67. The fourth-order valence-electron chi connectivity index (χ4n) is 4.16. The topological polar surface area (TPSA) is 92.9 Å². The van der Waals surface area contributed by atoms with Crippen LogP contribution >= 0.6 is 0 Å². The van der Waals surface area contributed by atoms with E-state index in [-0.39, 0.29) is 23.3 Å². The average molecular weight is 398 g/mol. The lowest BCUT2D eigenvalue weighted by Gasteiger charge is -2.38. The Morgan fingerprint density at radius 1 is 1.24 bits per heavy atom. The molecular weight excluding hydrogens is 375 g/mol. The van der Waals surface area contributed by atoms with Gasteiger partial charge in [0.2, 0.25) is 0 Å². The van der Waals surface area contributed by atoms with E-state index in [0.717, 1.165) is 5.56 Å². The minimum absolute atomic E-state index is 0.0532. The van der Waals surface area contributed by atoms with Gasteiger partial charge in [0.1, 0.15) is 18.5 Å². The van der Waals surface area contributed by atoms with Crippen LogP contribution in [0, 0.1) is 0 Å². The number of amides is 2. The number of halogens is 1. The number of nitrogens with two attached hydrogens (primary N) is 1. The molecule has 152 valence electrons. The Kier molecular flexibility index (Phi) is 5.00. The number of ether oxygens (including phenoxy) is 1. The van der Waals surface area contributed by atoms with Crippen molar-refractivity contribution in [3.05, 3.63) is 64.7 Å². The van der Waals surface area contributed by atoms with Crippen LogP contribution in [0.3, 0.4) is 0 Å². The number of aliphatic hydroxyl groups excluding tert-OH is 1. The maximum Gasteiger partial charge on any atom is 0.253 e. The number of primary amides is 1. The molecule has 0 saturated heterocycles. The summed E-state index contributed by atoms with van der Waals surface area (Å²) in [6.45, 7) is -0.740. The van der Waals surface area contributed by atoms with E-state index in [1.807, 2.05) is 30.3 Å². The van der Waals surface area contributed by atoms with E-state index < -0.39 is 30.7 Å². The number of aliphatic hydroxyl groups is 1. The molecule has 0 bridgehead atoms. The van der Waals surface area contributed by atoms with Gasteiger partial charge in [0, 0.05) is 24.2 Å². The molecule has 7 heteroatoms. The lowest BCUT2D eigenvalue weighted by molar-refractivity contribution is 0.0132. The van der Waals surface area contributed by atoms with Crippen molar-refractivity contribution in [3.8, 4) is 5.75 Å². The highest BCUT2D eigenvalue weighted by Gasteiger charge is 2.40. The number of hydrogen-bond donors (Lipinski definition) is 2. The van der Waals surface area contributed by atoms with Gasteiger partial charge in [-0.05, 0) is 30.5 Å². The molecule has 1 fully saturated rings. The second-order valence-corrected chi connectivity index (χ2v) is 7.70. The molecular formula is C22H23FN2O4.